The number of hydrogen-bond acceptors (Lipinski definition) is 4. The first-order valence-corrected chi connectivity index (χ1v) is 5.45. The second-order valence-corrected chi connectivity index (χ2v) is 3.89. The van der Waals surface area contributed by atoms with Crippen LogP contribution in [-0.4, -0.2) is 14.8 Å². The monoisotopic (exact) mass is 232 g/mol. The van der Waals surface area contributed by atoms with Gasteiger partial charge in [0.2, 0.25) is 5.88 Å². The van der Waals surface area contributed by atoms with E-state index in [4.69, 9.17) is 10.5 Å². The van der Waals surface area contributed by atoms with Crippen molar-refractivity contribution in [2.24, 2.45) is 12.8 Å². The fourth-order valence-corrected chi connectivity index (χ4v) is 1.73. The van der Waals surface area contributed by atoms with Crippen LogP contribution in [0.2, 0.25) is 0 Å². The van der Waals surface area contributed by atoms with Crippen molar-refractivity contribution < 1.29 is 4.74 Å². The van der Waals surface area contributed by atoms with Crippen molar-refractivity contribution in [1.29, 1.82) is 0 Å². The van der Waals surface area contributed by atoms with Gasteiger partial charge in [0, 0.05) is 19.8 Å². The van der Waals surface area contributed by atoms with Crippen LogP contribution in [0.1, 0.15) is 17.0 Å². The van der Waals surface area contributed by atoms with E-state index in [0.29, 0.717) is 12.4 Å². The predicted molar refractivity (Wildman–Crippen MR) is 64.9 cm³/mol. The van der Waals surface area contributed by atoms with Gasteiger partial charge >= 0.3 is 0 Å². The molecule has 0 unspecified atom stereocenters. The molecule has 2 rings (SSSR count). The highest BCUT2D eigenvalue weighted by atomic mass is 16.5. The van der Waals surface area contributed by atoms with Crippen molar-refractivity contribution in [3.63, 3.8) is 0 Å². The summed E-state index contributed by atoms with van der Waals surface area (Å²) in [5.74, 6) is 1.41. The number of rotatable bonds is 3. The lowest BCUT2D eigenvalue weighted by Crippen LogP contribution is -2.02. The van der Waals surface area contributed by atoms with Crippen molar-refractivity contribution >= 4 is 0 Å². The van der Waals surface area contributed by atoms with Crippen LogP contribution in [0.4, 0.5) is 0 Å². The highest BCUT2D eigenvalue weighted by molar-refractivity contribution is 5.36. The summed E-state index contributed by atoms with van der Waals surface area (Å²) >= 11 is 0. The zero-order chi connectivity index (χ0) is 12.4. The Kier molecular flexibility index (Phi) is 3.10. The van der Waals surface area contributed by atoms with Crippen LogP contribution >= 0.6 is 0 Å². The van der Waals surface area contributed by atoms with Crippen LogP contribution in [0.25, 0.3) is 0 Å². The van der Waals surface area contributed by atoms with Crippen molar-refractivity contribution in [3.8, 4) is 11.6 Å². The van der Waals surface area contributed by atoms with Crippen LogP contribution < -0.4 is 10.5 Å². The first kappa shape index (κ1) is 11.6. The minimum Gasteiger partial charge on any atom is -0.437 e. The summed E-state index contributed by atoms with van der Waals surface area (Å²) < 4.78 is 7.54. The molecule has 0 amide bonds. The molecule has 0 aliphatic rings. The maximum Gasteiger partial charge on any atom is 0.222 e. The summed E-state index contributed by atoms with van der Waals surface area (Å²) in [4.78, 5) is 4.18. The van der Waals surface area contributed by atoms with Gasteiger partial charge in [-0.25, -0.2) is 4.68 Å². The molecule has 5 nitrogen and oxygen atoms in total. The van der Waals surface area contributed by atoms with E-state index in [2.05, 4.69) is 10.1 Å². The summed E-state index contributed by atoms with van der Waals surface area (Å²) in [6.07, 6.45) is 1.74. The molecule has 0 spiro atoms. The smallest absolute Gasteiger partial charge is 0.222 e. The Labute approximate surface area is 100 Å². The average Bonchev–Trinajstić information content (AvgIpc) is 2.56. The Morgan fingerprint density at radius 3 is 2.76 bits per heavy atom. The highest BCUT2D eigenvalue weighted by Crippen LogP contribution is 2.27. The van der Waals surface area contributed by atoms with E-state index >= 15 is 0 Å². The molecule has 2 heterocycles. The van der Waals surface area contributed by atoms with Gasteiger partial charge in [-0.05, 0) is 26.0 Å². The van der Waals surface area contributed by atoms with Crippen LogP contribution in [0, 0.1) is 13.8 Å². The molecular formula is C12H16N4O. The third kappa shape index (κ3) is 2.14. The molecule has 0 aliphatic heterocycles. The molecule has 5 heteroatoms. The summed E-state index contributed by atoms with van der Waals surface area (Å²) in [6, 6.07) is 3.72. The second-order valence-electron chi connectivity index (χ2n) is 3.89. The summed E-state index contributed by atoms with van der Waals surface area (Å²) in [5.41, 5.74) is 8.37. The maximum absolute atomic E-state index is 5.84. The summed E-state index contributed by atoms with van der Waals surface area (Å²) in [7, 11) is 1.84. The minimum atomic E-state index is 0.411. The molecule has 17 heavy (non-hydrogen) atoms. The number of ether oxygens (including phenoxy) is 1. The number of aromatic nitrogens is 3. The third-order valence-electron chi connectivity index (χ3n) is 2.66. The zero-order valence-corrected chi connectivity index (χ0v) is 10.3. The fraction of sp³-hybridized carbons (Fsp3) is 0.333. The van der Waals surface area contributed by atoms with Gasteiger partial charge in [-0.1, -0.05) is 0 Å². The van der Waals surface area contributed by atoms with Crippen LogP contribution in [0.5, 0.6) is 11.6 Å². The van der Waals surface area contributed by atoms with Crippen molar-refractivity contribution in [2.45, 2.75) is 20.4 Å². The van der Waals surface area contributed by atoms with Crippen LogP contribution in [0.3, 0.4) is 0 Å². The second kappa shape index (κ2) is 4.55. The molecule has 0 saturated carbocycles. The Bertz CT molecular complexity index is 533. The lowest BCUT2D eigenvalue weighted by atomic mass is 10.2. The lowest BCUT2D eigenvalue weighted by Gasteiger charge is -2.09. The van der Waals surface area contributed by atoms with Crippen LogP contribution in [0.15, 0.2) is 18.3 Å². The quantitative estimate of drug-likeness (QED) is 0.874. The van der Waals surface area contributed by atoms with Gasteiger partial charge in [0.25, 0.3) is 0 Å². The van der Waals surface area contributed by atoms with Crippen molar-refractivity contribution in [2.75, 3.05) is 0 Å². The fourth-order valence-electron chi connectivity index (χ4n) is 1.73. The number of aryl methyl sites for hydroxylation is 3. The molecule has 0 aromatic carbocycles. The lowest BCUT2D eigenvalue weighted by molar-refractivity contribution is 0.421. The number of hydrogen-bond donors (Lipinski definition) is 1. The Morgan fingerprint density at radius 2 is 2.12 bits per heavy atom. The van der Waals surface area contributed by atoms with E-state index in [1.807, 2.05) is 33.0 Å². The van der Waals surface area contributed by atoms with Crippen LogP contribution in [-0.2, 0) is 13.6 Å². The first-order chi connectivity index (χ1) is 8.13. The molecule has 90 valence electrons. The number of nitrogens with two attached hydrogens (primary N) is 1. The molecular weight excluding hydrogens is 216 g/mol. The standard InChI is InChI=1S/C12H16N4O/c1-8-10(7-13)12(16(3)15-8)17-11-5-4-6-14-9(11)2/h4-6H,7,13H2,1-3H3. The van der Waals surface area contributed by atoms with Gasteiger partial charge in [0.05, 0.1) is 17.0 Å². The van der Waals surface area contributed by atoms with Gasteiger partial charge in [-0.15, -0.1) is 0 Å². The van der Waals surface area contributed by atoms with Gasteiger partial charge in [-0.3, -0.25) is 4.98 Å². The average molecular weight is 232 g/mol. The third-order valence-corrected chi connectivity index (χ3v) is 2.66. The van der Waals surface area contributed by atoms with Crippen molar-refractivity contribution in [3.05, 3.63) is 35.3 Å². The number of nitrogens with zero attached hydrogens (tertiary/aromatic N) is 3. The van der Waals surface area contributed by atoms with E-state index in [9.17, 15) is 0 Å². The molecule has 2 N–H and O–H groups in total. The van der Waals surface area contributed by atoms with Gasteiger partial charge in [0.15, 0.2) is 5.75 Å². The van der Waals surface area contributed by atoms with E-state index < -0.39 is 0 Å². The minimum absolute atomic E-state index is 0.411. The zero-order valence-electron chi connectivity index (χ0n) is 10.3. The number of pyridine rings is 1. The topological polar surface area (TPSA) is 66.0 Å². The van der Waals surface area contributed by atoms with Crippen molar-refractivity contribution in [1.82, 2.24) is 14.8 Å². The highest BCUT2D eigenvalue weighted by Gasteiger charge is 2.14. The summed E-state index contributed by atoms with van der Waals surface area (Å²) in [6.45, 7) is 4.24. The molecule has 0 radical (unpaired) electrons. The molecule has 0 aliphatic carbocycles. The predicted octanol–water partition coefficient (Wildman–Crippen LogP) is 1.68. The summed E-state index contributed by atoms with van der Waals surface area (Å²) in [5, 5.41) is 4.30. The largest absolute Gasteiger partial charge is 0.437 e. The normalized spacial score (nSPS) is 10.6. The molecule has 0 saturated heterocycles. The molecule has 0 bridgehead atoms. The molecule has 0 atom stereocenters. The van der Waals surface area contributed by atoms with E-state index in [-0.39, 0.29) is 0 Å². The Hall–Kier alpha value is -1.88. The van der Waals surface area contributed by atoms with E-state index in [0.717, 1.165) is 22.7 Å². The molecule has 0 fully saturated rings. The van der Waals surface area contributed by atoms with E-state index in [1.54, 1.807) is 10.9 Å². The van der Waals surface area contributed by atoms with Gasteiger partial charge < -0.3 is 10.5 Å². The SMILES string of the molecule is Cc1ncccc1Oc1c(CN)c(C)nn1C. The Balaban J connectivity index is 2.40. The molecule has 2 aromatic rings. The first-order valence-electron chi connectivity index (χ1n) is 5.45. The maximum atomic E-state index is 5.84. The van der Waals surface area contributed by atoms with Gasteiger partial charge in [-0.2, -0.15) is 5.10 Å². The van der Waals surface area contributed by atoms with E-state index in [1.165, 1.54) is 0 Å². The molecule has 2 aromatic heterocycles. The van der Waals surface area contributed by atoms with Gasteiger partial charge in [0.1, 0.15) is 0 Å². The Morgan fingerprint density at radius 1 is 1.35 bits per heavy atom.